The lowest BCUT2D eigenvalue weighted by Crippen LogP contribution is -2.45. The van der Waals surface area contributed by atoms with Gasteiger partial charge in [-0.25, -0.2) is 0 Å². The Hall–Kier alpha value is -0.570. The second kappa shape index (κ2) is 3.29. The van der Waals surface area contributed by atoms with E-state index in [1.807, 2.05) is 0 Å². The molecule has 0 aromatic carbocycles. The van der Waals surface area contributed by atoms with E-state index in [2.05, 4.69) is 0 Å². The summed E-state index contributed by atoms with van der Waals surface area (Å²) in [6.45, 7) is 1.82. The van der Waals surface area contributed by atoms with E-state index in [1.54, 1.807) is 0 Å². The molecule has 1 aliphatic heterocycles. The van der Waals surface area contributed by atoms with Crippen molar-refractivity contribution < 1.29 is 14.6 Å². The molecule has 1 saturated carbocycles. The molecule has 0 radical (unpaired) electrons. The third-order valence-electron chi connectivity index (χ3n) is 3.45. The number of ether oxygens (including phenoxy) is 1. The van der Waals surface area contributed by atoms with Crippen LogP contribution in [0, 0.1) is 11.3 Å². The first-order valence-corrected chi connectivity index (χ1v) is 5.00. The summed E-state index contributed by atoms with van der Waals surface area (Å²) < 4.78 is 5.22. The van der Waals surface area contributed by atoms with Gasteiger partial charge in [0.2, 0.25) is 0 Å². The number of aliphatic carboxylic acids is 1. The van der Waals surface area contributed by atoms with Crippen LogP contribution in [0.2, 0.25) is 0 Å². The number of carbonyl (C=O) groups is 1. The zero-order chi connectivity index (χ0) is 9.31. The average Bonchev–Trinajstić information content (AvgIpc) is 2.02. The molecule has 3 heteroatoms. The smallest absolute Gasteiger partial charge is 0.303 e. The number of rotatable bonds is 2. The Morgan fingerprint density at radius 2 is 2.00 bits per heavy atom. The van der Waals surface area contributed by atoms with E-state index >= 15 is 0 Å². The second-order valence-corrected chi connectivity index (χ2v) is 4.53. The van der Waals surface area contributed by atoms with Crippen LogP contribution in [0.5, 0.6) is 0 Å². The highest BCUT2D eigenvalue weighted by Crippen LogP contribution is 2.44. The van der Waals surface area contributed by atoms with Gasteiger partial charge in [0.25, 0.3) is 0 Å². The van der Waals surface area contributed by atoms with Crippen molar-refractivity contribution in [3.05, 3.63) is 0 Å². The standard InChI is InChI=1S/C10H16O3/c11-9(12)5-8-1-3-10(4-2-8)6-13-7-10/h8H,1-7H2,(H,11,12). The Labute approximate surface area is 78.1 Å². The predicted molar refractivity (Wildman–Crippen MR) is 47.5 cm³/mol. The molecule has 0 amide bonds. The lowest BCUT2D eigenvalue weighted by molar-refractivity contribution is -0.145. The van der Waals surface area contributed by atoms with Crippen molar-refractivity contribution in [2.75, 3.05) is 13.2 Å². The van der Waals surface area contributed by atoms with Crippen LogP contribution in [0.3, 0.4) is 0 Å². The van der Waals surface area contributed by atoms with Crippen molar-refractivity contribution >= 4 is 5.97 Å². The predicted octanol–water partition coefficient (Wildman–Crippen LogP) is 1.67. The molecule has 2 fully saturated rings. The zero-order valence-electron chi connectivity index (χ0n) is 7.79. The first-order valence-electron chi connectivity index (χ1n) is 5.00. The molecule has 1 heterocycles. The largest absolute Gasteiger partial charge is 0.481 e. The molecule has 1 saturated heterocycles. The molecule has 2 aliphatic rings. The Kier molecular flexibility index (Phi) is 2.28. The normalized spacial score (nSPS) is 27.1. The van der Waals surface area contributed by atoms with Gasteiger partial charge in [-0.3, -0.25) is 4.79 Å². The van der Waals surface area contributed by atoms with Crippen LogP contribution in [-0.2, 0) is 9.53 Å². The number of hydrogen-bond donors (Lipinski definition) is 1. The van der Waals surface area contributed by atoms with E-state index in [4.69, 9.17) is 9.84 Å². The molecule has 13 heavy (non-hydrogen) atoms. The van der Waals surface area contributed by atoms with Crippen LogP contribution in [0.25, 0.3) is 0 Å². The summed E-state index contributed by atoms with van der Waals surface area (Å²) in [6.07, 6.45) is 4.86. The second-order valence-electron chi connectivity index (χ2n) is 4.53. The van der Waals surface area contributed by atoms with Crippen LogP contribution < -0.4 is 0 Å². The number of carboxylic acid groups (broad SMARTS) is 1. The summed E-state index contributed by atoms with van der Waals surface area (Å²) in [5, 5.41) is 8.64. The highest BCUT2D eigenvalue weighted by Gasteiger charge is 2.41. The van der Waals surface area contributed by atoms with Gasteiger partial charge in [-0.2, -0.15) is 0 Å². The fraction of sp³-hybridized carbons (Fsp3) is 0.900. The van der Waals surface area contributed by atoms with E-state index < -0.39 is 5.97 Å². The summed E-state index contributed by atoms with van der Waals surface area (Å²) in [4.78, 5) is 10.5. The van der Waals surface area contributed by atoms with E-state index in [0.717, 1.165) is 26.1 Å². The summed E-state index contributed by atoms with van der Waals surface area (Å²) in [5.74, 6) is -0.227. The van der Waals surface area contributed by atoms with E-state index in [0.29, 0.717) is 17.8 Å². The minimum absolute atomic E-state index is 0.358. The lowest BCUT2D eigenvalue weighted by atomic mass is 9.68. The molecular weight excluding hydrogens is 168 g/mol. The van der Waals surface area contributed by atoms with Gasteiger partial charge in [-0.15, -0.1) is 0 Å². The summed E-state index contributed by atoms with van der Waals surface area (Å²) in [5.41, 5.74) is 0.453. The van der Waals surface area contributed by atoms with Gasteiger partial charge in [-0.1, -0.05) is 0 Å². The Morgan fingerprint density at radius 1 is 1.38 bits per heavy atom. The fourth-order valence-electron chi connectivity index (χ4n) is 2.42. The zero-order valence-corrected chi connectivity index (χ0v) is 7.79. The maximum Gasteiger partial charge on any atom is 0.303 e. The highest BCUT2D eigenvalue weighted by atomic mass is 16.5. The van der Waals surface area contributed by atoms with Gasteiger partial charge < -0.3 is 9.84 Å². The lowest BCUT2D eigenvalue weighted by Gasteiger charge is -2.46. The SMILES string of the molecule is O=C(O)CC1CCC2(CC1)COC2. The van der Waals surface area contributed by atoms with Gasteiger partial charge in [0.15, 0.2) is 0 Å². The molecular formula is C10H16O3. The minimum Gasteiger partial charge on any atom is -0.481 e. The summed E-state index contributed by atoms with van der Waals surface area (Å²) in [7, 11) is 0. The van der Waals surface area contributed by atoms with Crippen molar-refractivity contribution in [3.8, 4) is 0 Å². The van der Waals surface area contributed by atoms with E-state index in [1.165, 1.54) is 12.8 Å². The molecule has 74 valence electrons. The van der Waals surface area contributed by atoms with Crippen LogP contribution in [0.4, 0.5) is 0 Å². The van der Waals surface area contributed by atoms with Gasteiger partial charge >= 0.3 is 5.97 Å². The quantitative estimate of drug-likeness (QED) is 0.710. The molecule has 0 bridgehead atoms. The molecule has 3 nitrogen and oxygen atoms in total. The van der Waals surface area contributed by atoms with Crippen LogP contribution >= 0.6 is 0 Å². The van der Waals surface area contributed by atoms with Crippen molar-refractivity contribution in [2.45, 2.75) is 32.1 Å². The topological polar surface area (TPSA) is 46.5 Å². The number of carboxylic acids is 1. The average molecular weight is 184 g/mol. The molecule has 0 aromatic rings. The van der Waals surface area contributed by atoms with Crippen molar-refractivity contribution in [3.63, 3.8) is 0 Å². The van der Waals surface area contributed by atoms with Crippen molar-refractivity contribution in [1.29, 1.82) is 0 Å². The molecule has 0 unspecified atom stereocenters. The minimum atomic E-state index is -0.647. The summed E-state index contributed by atoms with van der Waals surface area (Å²) in [6, 6.07) is 0. The first-order chi connectivity index (χ1) is 6.20. The van der Waals surface area contributed by atoms with Gasteiger partial charge in [0.1, 0.15) is 0 Å². The van der Waals surface area contributed by atoms with Gasteiger partial charge in [0.05, 0.1) is 13.2 Å². The van der Waals surface area contributed by atoms with Crippen LogP contribution in [-0.4, -0.2) is 24.3 Å². The Morgan fingerprint density at radius 3 is 2.38 bits per heavy atom. The van der Waals surface area contributed by atoms with Gasteiger partial charge in [-0.05, 0) is 31.6 Å². The Balaban J connectivity index is 1.79. The van der Waals surface area contributed by atoms with E-state index in [-0.39, 0.29) is 0 Å². The van der Waals surface area contributed by atoms with E-state index in [9.17, 15) is 4.79 Å². The molecule has 1 aliphatic carbocycles. The Bertz CT molecular complexity index is 198. The molecule has 0 aromatic heterocycles. The van der Waals surface area contributed by atoms with Crippen LogP contribution in [0.1, 0.15) is 32.1 Å². The summed E-state index contributed by atoms with van der Waals surface area (Å²) >= 11 is 0. The van der Waals surface area contributed by atoms with Crippen LogP contribution in [0.15, 0.2) is 0 Å². The molecule has 1 spiro atoms. The first kappa shape index (κ1) is 9.00. The van der Waals surface area contributed by atoms with Gasteiger partial charge in [0, 0.05) is 11.8 Å². The molecule has 2 rings (SSSR count). The molecule has 1 N–H and O–H groups in total. The third-order valence-corrected chi connectivity index (χ3v) is 3.45. The maximum atomic E-state index is 10.5. The third kappa shape index (κ3) is 1.85. The fourth-order valence-corrected chi connectivity index (χ4v) is 2.42. The monoisotopic (exact) mass is 184 g/mol. The molecule has 0 atom stereocenters. The van der Waals surface area contributed by atoms with Crippen molar-refractivity contribution in [2.24, 2.45) is 11.3 Å². The maximum absolute atomic E-state index is 10.5. The number of hydrogen-bond acceptors (Lipinski definition) is 2. The van der Waals surface area contributed by atoms with Crippen molar-refractivity contribution in [1.82, 2.24) is 0 Å². The highest BCUT2D eigenvalue weighted by molar-refractivity contribution is 5.67.